The standard InChI is InChI=1S/C7H6Br2OS/c1-4(10)7-2-5(8)6(9)3-11-7/h2H,3H2,1H3. The van der Waals surface area contributed by atoms with Gasteiger partial charge in [0.25, 0.3) is 0 Å². The second-order valence-electron chi connectivity index (χ2n) is 2.11. The Labute approximate surface area is 86.6 Å². The second kappa shape index (κ2) is 3.92. The third-order valence-corrected chi connectivity index (χ3v) is 4.69. The molecule has 1 rings (SSSR count). The van der Waals surface area contributed by atoms with E-state index in [1.165, 1.54) is 0 Å². The molecule has 0 spiro atoms. The molecule has 11 heavy (non-hydrogen) atoms. The number of thioether (sulfide) groups is 1. The molecule has 1 aliphatic rings. The summed E-state index contributed by atoms with van der Waals surface area (Å²) in [6.07, 6.45) is 1.85. The van der Waals surface area contributed by atoms with E-state index >= 15 is 0 Å². The van der Waals surface area contributed by atoms with Crippen molar-refractivity contribution in [1.82, 2.24) is 0 Å². The van der Waals surface area contributed by atoms with Gasteiger partial charge in [0.2, 0.25) is 0 Å². The zero-order chi connectivity index (χ0) is 8.43. The Kier molecular flexibility index (Phi) is 3.40. The van der Waals surface area contributed by atoms with E-state index in [1.54, 1.807) is 18.7 Å². The number of hydrogen-bond donors (Lipinski definition) is 0. The number of rotatable bonds is 1. The second-order valence-corrected chi connectivity index (χ2v) is 4.94. The van der Waals surface area contributed by atoms with E-state index in [2.05, 4.69) is 31.9 Å². The lowest BCUT2D eigenvalue weighted by atomic mass is 10.3. The molecule has 1 heterocycles. The summed E-state index contributed by atoms with van der Waals surface area (Å²) < 4.78 is 2.08. The maximum Gasteiger partial charge on any atom is 0.166 e. The number of halogens is 2. The van der Waals surface area contributed by atoms with E-state index in [4.69, 9.17) is 0 Å². The topological polar surface area (TPSA) is 17.1 Å². The first-order valence-electron chi connectivity index (χ1n) is 3.01. The van der Waals surface area contributed by atoms with E-state index in [9.17, 15) is 4.79 Å². The van der Waals surface area contributed by atoms with Gasteiger partial charge in [-0.3, -0.25) is 4.79 Å². The molecule has 1 nitrogen and oxygen atoms in total. The number of carbonyl (C=O) groups is 1. The third-order valence-electron chi connectivity index (χ3n) is 1.22. The summed E-state index contributed by atoms with van der Waals surface area (Å²) in [5.41, 5.74) is 0. The Hall–Kier alpha value is 0.460. The average molecular weight is 298 g/mol. The fourth-order valence-electron chi connectivity index (χ4n) is 0.648. The number of carbonyl (C=O) groups excluding carboxylic acids is 1. The summed E-state index contributed by atoms with van der Waals surface area (Å²) >= 11 is 8.30. The zero-order valence-electron chi connectivity index (χ0n) is 5.86. The summed E-state index contributed by atoms with van der Waals surface area (Å²) in [5.74, 6) is 0.971. The number of Topliss-reactive ketones (excluding diaryl/α,β-unsaturated/α-hetero) is 1. The van der Waals surface area contributed by atoms with Crippen LogP contribution in [0, 0.1) is 0 Å². The molecule has 0 amide bonds. The number of hydrogen-bond acceptors (Lipinski definition) is 2. The van der Waals surface area contributed by atoms with Gasteiger partial charge >= 0.3 is 0 Å². The minimum Gasteiger partial charge on any atom is -0.294 e. The highest BCUT2D eigenvalue weighted by atomic mass is 79.9. The molecule has 0 saturated carbocycles. The molecular formula is C7H6Br2OS. The first-order chi connectivity index (χ1) is 5.11. The van der Waals surface area contributed by atoms with Crippen molar-refractivity contribution in [2.24, 2.45) is 0 Å². The van der Waals surface area contributed by atoms with Gasteiger partial charge in [-0.1, -0.05) is 15.9 Å². The Bertz CT molecular complexity index is 255. The first kappa shape index (κ1) is 9.55. The normalized spacial score (nSPS) is 18.3. The van der Waals surface area contributed by atoms with E-state index in [0.29, 0.717) is 0 Å². The molecule has 0 N–H and O–H groups in total. The van der Waals surface area contributed by atoms with Gasteiger partial charge in [-0.05, 0) is 28.9 Å². The first-order valence-corrected chi connectivity index (χ1v) is 5.58. The van der Waals surface area contributed by atoms with Crippen LogP contribution in [0.15, 0.2) is 19.9 Å². The quantitative estimate of drug-likeness (QED) is 0.739. The molecule has 4 heteroatoms. The molecule has 0 unspecified atom stereocenters. The molecule has 60 valence electrons. The van der Waals surface area contributed by atoms with Crippen molar-refractivity contribution < 1.29 is 4.79 Å². The van der Waals surface area contributed by atoms with Crippen LogP contribution in [-0.2, 0) is 4.79 Å². The van der Waals surface area contributed by atoms with Gasteiger partial charge in [-0.2, -0.15) is 0 Å². The van der Waals surface area contributed by atoms with Crippen LogP contribution in [-0.4, -0.2) is 11.5 Å². The smallest absolute Gasteiger partial charge is 0.166 e. The highest BCUT2D eigenvalue weighted by Crippen LogP contribution is 2.34. The SMILES string of the molecule is CC(=O)C1=CC(Br)=C(Br)CS1. The molecular weight excluding hydrogens is 292 g/mol. The molecule has 1 aliphatic heterocycles. The van der Waals surface area contributed by atoms with Crippen LogP contribution < -0.4 is 0 Å². The van der Waals surface area contributed by atoms with Crippen LogP contribution in [0.3, 0.4) is 0 Å². The Morgan fingerprint density at radius 3 is 2.73 bits per heavy atom. The number of allylic oxidation sites excluding steroid dienone is 3. The van der Waals surface area contributed by atoms with Crippen molar-refractivity contribution in [3.63, 3.8) is 0 Å². The van der Waals surface area contributed by atoms with Gasteiger partial charge in [0.15, 0.2) is 5.78 Å². The van der Waals surface area contributed by atoms with Crippen molar-refractivity contribution >= 4 is 49.4 Å². The Balaban J connectivity index is 2.89. The van der Waals surface area contributed by atoms with Crippen molar-refractivity contribution in [1.29, 1.82) is 0 Å². The lowest BCUT2D eigenvalue weighted by Crippen LogP contribution is -1.98. The van der Waals surface area contributed by atoms with Crippen molar-refractivity contribution in [3.8, 4) is 0 Å². The van der Waals surface area contributed by atoms with E-state index < -0.39 is 0 Å². The van der Waals surface area contributed by atoms with Gasteiger partial charge in [-0.15, -0.1) is 11.8 Å². The zero-order valence-corrected chi connectivity index (χ0v) is 9.85. The van der Waals surface area contributed by atoms with E-state index in [-0.39, 0.29) is 5.78 Å². The van der Waals surface area contributed by atoms with E-state index in [0.717, 1.165) is 19.6 Å². The molecule has 0 bridgehead atoms. The summed E-state index contributed by atoms with van der Waals surface area (Å²) in [7, 11) is 0. The predicted octanol–water partition coefficient (Wildman–Crippen LogP) is 3.21. The van der Waals surface area contributed by atoms with Crippen LogP contribution in [0.4, 0.5) is 0 Å². The van der Waals surface area contributed by atoms with Gasteiger partial charge < -0.3 is 0 Å². The van der Waals surface area contributed by atoms with Crippen LogP contribution in [0.1, 0.15) is 6.92 Å². The Morgan fingerprint density at radius 2 is 2.27 bits per heavy atom. The maximum absolute atomic E-state index is 10.9. The van der Waals surface area contributed by atoms with Crippen LogP contribution in [0.5, 0.6) is 0 Å². The highest BCUT2D eigenvalue weighted by molar-refractivity contribution is 9.14. The summed E-state index contributed by atoms with van der Waals surface area (Å²) in [6.45, 7) is 1.58. The largest absolute Gasteiger partial charge is 0.294 e. The van der Waals surface area contributed by atoms with Gasteiger partial charge in [-0.25, -0.2) is 0 Å². The predicted molar refractivity (Wildman–Crippen MR) is 56.1 cm³/mol. The molecule has 0 atom stereocenters. The fourth-order valence-corrected chi connectivity index (χ4v) is 2.65. The molecule has 0 radical (unpaired) electrons. The molecule has 0 aromatic carbocycles. The van der Waals surface area contributed by atoms with Crippen LogP contribution in [0.2, 0.25) is 0 Å². The highest BCUT2D eigenvalue weighted by Gasteiger charge is 2.12. The van der Waals surface area contributed by atoms with Crippen molar-refractivity contribution in [3.05, 3.63) is 19.9 Å². The lowest BCUT2D eigenvalue weighted by Gasteiger charge is -2.09. The van der Waals surface area contributed by atoms with Gasteiger partial charge in [0, 0.05) is 14.7 Å². The van der Waals surface area contributed by atoms with E-state index in [1.807, 2.05) is 6.08 Å². The average Bonchev–Trinajstić information content (AvgIpc) is 1.94. The van der Waals surface area contributed by atoms with Crippen molar-refractivity contribution in [2.75, 3.05) is 5.75 Å². The van der Waals surface area contributed by atoms with Crippen LogP contribution >= 0.6 is 43.6 Å². The summed E-state index contributed by atoms with van der Waals surface area (Å²) in [5, 5.41) is 0. The number of ketones is 1. The maximum atomic E-state index is 10.9. The minimum absolute atomic E-state index is 0.131. The minimum atomic E-state index is 0.131. The Morgan fingerprint density at radius 1 is 1.64 bits per heavy atom. The molecule has 0 aromatic rings. The van der Waals surface area contributed by atoms with Gasteiger partial charge in [0.05, 0.1) is 4.91 Å². The molecule has 0 aliphatic carbocycles. The fraction of sp³-hybridized carbons (Fsp3) is 0.286. The summed E-state index contributed by atoms with van der Waals surface area (Å²) in [6, 6.07) is 0. The van der Waals surface area contributed by atoms with Gasteiger partial charge in [0.1, 0.15) is 0 Å². The third kappa shape index (κ3) is 2.46. The summed E-state index contributed by atoms with van der Waals surface area (Å²) in [4.78, 5) is 11.7. The molecule has 0 aromatic heterocycles. The lowest BCUT2D eigenvalue weighted by molar-refractivity contribution is -0.112. The van der Waals surface area contributed by atoms with Crippen molar-refractivity contribution in [2.45, 2.75) is 6.92 Å². The molecule has 0 saturated heterocycles. The monoisotopic (exact) mass is 296 g/mol. The molecule has 0 fully saturated rings. The van der Waals surface area contributed by atoms with Crippen LogP contribution in [0.25, 0.3) is 0 Å².